The molecule has 0 saturated heterocycles. The number of benzene rings is 2. The number of hydrogen-bond donors (Lipinski definition) is 1. The van der Waals surface area contributed by atoms with Crippen molar-refractivity contribution in [3.63, 3.8) is 0 Å². The summed E-state index contributed by atoms with van der Waals surface area (Å²) in [6.07, 6.45) is -4.25. The van der Waals surface area contributed by atoms with E-state index in [-0.39, 0.29) is 34.4 Å². The van der Waals surface area contributed by atoms with Gasteiger partial charge in [0.05, 0.1) is 21.6 Å². The standard InChI is InChI=1S/C21H19ClF3N3O3S/c1-12(2)32(30,31)10-9-13-3-8-17(22)16(11-13)19-26-18(27-20(29)28-19)14-4-6-15(7-5-14)21(23,24)25/h3-8,11-12H,9-10H2,1-2H3,(H,26,27,28,29). The highest BCUT2D eigenvalue weighted by Crippen LogP contribution is 2.31. The topological polar surface area (TPSA) is 92.8 Å². The number of H-pyrrole nitrogens is 1. The van der Waals surface area contributed by atoms with Crippen LogP contribution in [0.3, 0.4) is 0 Å². The van der Waals surface area contributed by atoms with Gasteiger partial charge in [0.25, 0.3) is 0 Å². The zero-order chi connectivity index (χ0) is 23.7. The smallest absolute Gasteiger partial charge is 0.290 e. The van der Waals surface area contributed by atoms with Gasteiger partial charge < -0.3 is 0 Å². The summed E-state index contributed by atoms with van der Waals surface area (Å²) in [6, 6.07) is 8.97. The molecule has 3 aromatic rings. The third-order valence-electron chi connectivity index (χ3n) is 4.80. The second-order valence-electron chi connectivity index (χ2n) is 7.38. The highest BCUT2D eigenvalue weighted by molar-refractivity contribution is 7.91. The van der Waals surface area contributed by atoms with Crippen LogP contribution in [-0.4, -0.2) is 34.4 Å². The molecule has 6 nitrogen and oxygen atoms in total. The maximum atomic E-state index is 12.8. The second-order valence-corrected chi connectivity index (χ2v) is 10.5. The lowest BCUT2D eigenvalue weighted by Crippen LogP contribution is -2.19. The molecule has 11 heteroatoms. The van der Waals surface area contributed by atoms with Crippen LogP contribution < -0.4 is 5.69 Å². The van der Waals surface area contributed by atoms with E-state index in [1.807, 2.05) is 0 Å². The molecule has 0 aliphatic rings. The Labute approximate surface area is 187 Å². The SMILES string of the molecule is CC(C)S(=O)(=O)CCc1ccc(Cl)c(-c2nc(-c3ccc(C(F)(F)F)cc3)nc(=O)[nH]2)c1. The van der Waals surface area contributed by atoms with Crippen LogP contribution >= 0.6 is 11.6 Å². The number of nitrogens with zero attached hydrogens (tertiary/aromatic N) is 2. The molecule has 0 aliphatic heterocycles. The molecule has 0 atom stereocenters. The van der Waals surface area contributed by atoms with E-state index in [4.69, 9.17) is 11.6 Å². The Morgan fingerprint density at radius 1 is 1.06 bits per heavy atom. The van der Waals surface area contributed by atoms with E-state index < -0.39 is 32.5 Å². The van der Waals surface area contributed by atoms with E-state index in [1.165, 1.54) is 12.1 Å². The summed E-state index contributed by atoms with van der Waals surface area (Å²) in [6.45, 7) is 3.22. The Morgan fingerprint density at radius 3 is 2.31 bits per heavy atom. The van der Waals surface area contributed by atoms with Crippen molar-refractivity contribution < 1.29 is 21.6 Å². The van der Waals surface area contributed by atoms with Crippen LogP contribution in [0.15, 0.2) is 47.3 Å². The lowest BCUT2D eigenvalue weighted by molar-refractivity contribution is -0.137. The highest BCUT2D eigenvalue weighted by Gasteiger charge is 2.30. The Hall–Kier alpha value is -2.72. The Morgan fingerprint density at radius 2 is 1.72 bits per heavy atom. The Bertz CT molecular complexity index is 1290. The number of aromatic amines is 1. The van der Waals surface area contributed by atoms with Gasteiger partial charge in [0, 0.05) is 11.1 Å². The van der Waals surface area contributed by atoms with Gasteiger partial charge in [-0.15, -0.1) is 0 Å². The number of halogens is 4. The largest absolute Gasteiger partial charge is 0.416 e. The lowest BCUT2D eigenvalue weighted by atomic mass is 10.1. The normalized spacial score (nSPS) is 12.3. The van der Waals surface area contributed by atoms with E-state index in [9.17, 15) is 26.4 Å². The molecule has 1 heterocycles. The quantitative estimate of drug-likeness (QED) is 0.553. The average Bonchev–Trinajstić information content (AvgIpc) is 2.72. The molecule has 0 radical (unpaired) electrons. The number of rotatable bonds is 6. The minimum atomic E-state index is -4.49. The van der Waals surface area contributed by atoms with Gasteiger partial charge in [-0.2, -0.15) is 18.2 Å². The minimum absolute atomic E-state index is 0.0527. The fourth-order valence-electron chi connectivity index (χ4n) is 2.85. The van der Waals surface area contributed by atoms with Crippen LogP contribution in [0, 0.1) is 0 Å². The zero-order valence-electron chi connectivity index (χ0n) is 17.1. The average molecular weight is 486 g/mol. The van der Waals surface area contributed by atoms with Crippen LogP contribution in [0.2, 0.25) is 5.02 Å². The lowest BCUT2D eigenvalue weighted by Gasteiger charge is -2.10. The number of sulfone groups is 1. The first kappa shape index (κ1) is 23.9. The molecule has 0 fully saturated rings. The Balaban J connectivity index is 1.97. The van der Waals surface area contributed by atoms with Gasteiger partial charge in [-0.3, -0.25) is 4.98 Å². The fraction of sp³-hybridized carbons (Fsp3) is 0.286. The van der Waals surface area contributed by atoms with Gasteiger partial charge in [-0.05, 0) is 50.1 Å². The summed E-state index contributed by atoms with van der Waals surface area (Å²) < 4.78 is 62.6. The predicted molar refractivity (Wildman–Crippen MR) is 116 cm³/mol. The third kappa shape index (κ3) is 5.55. The Kier molecular flexibility index (Phi) is 6.75. The summed E-state index contributed by atoms with van der Waals surface area (Å²) in [5, 5.41) is -0.244. The summed E-state index contributed by atoms with van der Waals surface area (Å²) in [5.74, 6) is -0.0529. The van der Waals surface area contributed by atoms with Crippen molar-refractivity contribution in [2.24, 2.45) is 0 Å². The molecule has 0 aliphatic carbocycles. The summed E-state index contributed by atoms with van der Waals surface area (Å²) in [5.41, 5.74) is -0.351. The van der Waals surface area contributed by atoms with Crippen LogP contribution in [0.5, 0.6) is 0 Å². The van der Waals surface area contributed by atoms with Crippen molar-refractivity contribution in [2.75, 3.05) is 5.75 Å². The van der Waals surface area contributed by atoms with E-state index >= 15 is 0 Å². The first-order valence-corrected chi connectivity index (χ1v) is 11.6. The van der Waals surface area contributed by atoms with E-state index in [0.29, 0.717) is 11.1 Å². The van der Waals surface area contributed by atoms with Gasteiger partial charge >= 0.3 is 11.9 Å². The minimum Gasteiger partial charge on any atom is -0.290 e. The first-order valence-electron chi connectivity index (χ1n) is 9.53. The molecule has 32 heavy (non-hydrogen) atoms. The fourth-order valence-corrected chi connectivity index (χ4v) is 4.05. The van der Waals surface area contributed by atoms with E-state index in [1.54, 1.807) is 32.0 Å². The molecule has 0 spiro atoms. The van der Waals surface area contributed by atoms with Gasteiger partial charge in [0.2, 0.25) is 0 Å². The van der Waals surface area contributed by atoms with Crippen molar-refractivity contribution in [2.45, 2.75) is 31.7 Å². The molecule has 3 rings (SSSR count). The number of aromatic nitrogens is 3. The van der Waals surface area contributed by atoms with Crippen molar-refractivity contribution in [1.29, 1.82) is 0 Å². The van der Waals surface area contributed by atoms with Crippen molar-refractivity contribution >= 4 is 21.4 Å². The van der Waals surface area contributed by atoms with Crippen molar-refractivity contribution in [3.05, 3.63) is 69.1 Å². The van der Waals surface area contributed by atoms with Crippen LogP contribution in [0.25, 0.3) is 22.8 Å². The predicted octanol–water partition coefficient (Wildman–Crippen LogP) is 4.54. The molecular weight excluding hydrogens is 467 g/mol. The number of nitrogens with one attached hydrogen (secondary N) is 1. The summed E-state index contributed by atoms with van der Waals surface area (Å²) >= 11 is 6.27. The molecule has 1 aromatic heterocycles. The van der Waals surface area contributed by atoms with Crippen molar-refractivity contribution in [1.82, 2.24) is 15.0 Å². The van der Waals surface area contributed by atoms with Crippen LogP contribution in [0.1, 0.15) is 25.0 Å². The third-order valence-corrected chi connectivity index (χ3v) is 7.34. The van der Waals surface area contributed by atoms with Gasteiger partial charge in [0.15, 0.2) is 15.7 Å². The van der Waals surface area contributed by atoms with Gasteiger partial charge in [-0.1, -0.05) is 29.8 Å². The zero-order valence-corrected chi connectivity index (χ0v) is 18.6. The first-order chi connectivity index (χ1) is 14.9. The highest BCUT2D eigenvalue weighted by atomic mass is 35.5. The van der Waals surface area contributed by atoms with E-state index in [2.05, 4.69) is 15.0 Å². The van der Waals surface area contributed by atoms with E-state index in [0.717, 1.165) is 12.1 Å². The molecule has 0 unspecified atom stereocenters. The maximum absolute atomic E-state index is 12.8. The monoisotopic (exact) mass is 485 g/mol. The number of alkyl halides is 3. The molecule has 1 N–H and O–H groups in total. The molecule has 0 bridgehead atoms. The van der Waals surface area contributed by atoms with Crippen LogP contribution in [0.4, 0.5) is 13.2 Å². The maximum Gasteiger partial charge on any atom is 0.416 e. The van der Waals surface area contributed by atoms with Gasteiger partial charge in [-0.25, -0.2) is 18.2 Å². The summed E-state index contributed by atoms with van der Waals surface area (Å²) in [4.78, 5) is 22.6. The molecule has 170 valence electrons. The molecule has 0 saturated carbocycles. The molecule has 0 amide bonds. The van der Waals surface area contributed by atoms with Crippen LogP contribution in [-0.2, 0) is 22.4 Å². The number of hydrogen-bond acceptors (Lipinski definition) is 5. The number of aryl methyl sites for hydroxylation is 1. The summed E-state index contributed by atoms with van der Waals surface area (Å²) in [7, 11) is -3.24. The molecule has 2 aromatic carbocycles. The van der Waals surface area contributed by atoms with Gasteiger partial charge in [0.1, 0.15) is 5.82 Å². The molecular formula is C21H19ClF3N3O3S. The second kappa shape index (κ2) is 9.03. The van der Waals surface area contributed by atoms with Crippen molar-refractivity contribution in [3.8, 4) is 22.8 Å².